The van der Waals surface area contributed by atoms with E-state index in [1.54, 1.807) is 24.4 Å². The van der Waals surface area contributed by atoms with Crippen LogP contribution in [0.3, 0.4) is 0 Å². The number of fused-ring (bicyclic) bond motifs is 1. The van der Waals surface area contributed by atoms with Crippen molar-refractivity contribution in [3.8, 4) is 6.07 Å². The average Bonchev–Trinajstić information content (AvgIpc) is 3.71. The van der Waals surface area contributed by atoms with Gasteiger partial charge in [-0.25, -0.2) is 4.68 Å². The lowest BCUT2D eigenvalue weighted by molar-refractivity contribution is 0.171. The van der Waals surface area contributed by atoms with Crippen LogP contribution in [0.4, 0.5) is 11.4 Å². The second-order valence-corrected chi connectivity index (χ2v) is 13.4. The predicted molar refractivity (Wildman–Crippen MR) is 169 cm³/mol. The lowest BCUT2D eigenvalue weighted by atomic mass is 9.96. The quantitative estimate of drug-likeness (QED) is 0.216. The second kappa shape index (κ2) is 11.7. The number of likely N-dealkylation sites (tertiary alicyclic amines) is 1. The van der Waals surface area contributed by atoms with Crippen molar-refractivity contribution in [1.29, 1.82) is 5.26 Å². The van der Waals surface area contributed by atoms with Gasteiger partial charge in [-0.15, -0.1) is 5.10 Å². The fraction of sp³-hybridized carbons (Fsp3) is 0.438. The van der Waals surface area contributed by atoms with E-state index < -0.39 is 6.02 Å². The minimum absolute atomic E-state index is 0.0206. The first-order valence-corrected chi connectivity index (χ1v) is 15.3. The smallest absolute Gasteiger partial charge is 0.109 e. The number of nitrogens with one attached hydrogen (secondary N) is 2. The topological polar surface area (TPSA) is 94.7 Å². The van der Waals surface area contributed by atoms with E-state index in [1.807, 2.05) is 29.1 Å². The predicted octanol–water partition coefficient (Wildman–Crippen LogP) is 7.46. The molecule has 8 nitrogen and oxygen atoms in total. The van der Waals surface area contributed by atoms with Gasteiger partial charge >= 0.3 is 0 Å². The van der Waals surface area contributed by atoms with E-state index in [1.165, 1.54) is 12.8 Å². The number of nitriles is 1. The number of anilines is 2. The van der Waals surface area contributed by atoms with Gasteiger partial charge < -0.3 is 15.5 Å². The number of pyridine rings is 1. The third kappa shape index (κ3) is 6.34. The van der Waals surface area contributed by atoms with Gasteiger partial charge in [0, 0.05) is 48.0 Å². The number of hydrogen-bond acceptors (Lipinski definition) is 7. The highest BCUT2D eigenvalue weighted by molar-refractivity contribution is 6.36. The van der Waals surface area contributed by atoms with Crippen molar-refractivity contribution >= 4 is 45.5 Å². The molecule has 42 heavy (non-hydrogen) atoms. The zero-order valence-corrected chi connectivity index (χ0v) is 25.7. The molecule has 1 saturated heterocycles. The van der Waals surface area contributed by atoms with E-state index in [2.05, 4.69) is 57.7 Å². The summed E-state index contributed by atoms with van der Waals surface area (Å²) in [5, 5.41) is 27.4. The molecule has 0 amide bonds. The number of halogens is 2. The third-order valence-electron chi connectivity index (χ3n) is 7.95. The normalized spacial score (nSPS) is 18.3. The molecule has 2 N–H and O–H groups in total. The van der Waals surface area contributed by atoms with Gasteiger partial charge in [-0.3, -0.25) is 4.98 Å². The Morgan fingerprint density at radius 3 is 2.50 bits per heavy atom. The Kier molecular flexibility index (Phi) is 7.66. The molecule has 0 radical (unpaired) electrons. The molecule has 1 atom stereocenters. The zero-order valence-electron chi connectivity index (χ0n) is 25.2. The SMILES string of the molecule is [2H][C@](Nc1cc(Cl)c2ncc(C#N)c(NCC(C)(C)C)c2c1)(c1ccc(Cl)cc1)c1cn(C2CCN(C3CC3)CC2)nn1. The van der Waals surface area contributed by atoms with Crippen molar-refractivity contribution in [2.75, 3.05) is 30.3 Å². The van der Waals surface area contributed by atoms with Crippen LogP contribution in [0.5, 0.6) is 0 Å². The van der Waals surface area contributed by atoms with Crippen LogP contribution in [0, 0.1) is 16.7 Å². The van der Waals surface area contributed by atoms with Crippen molar-refractivity contribution in [3.05, 3.63) is 75.7 Å². The van der Waals surface area contributed by atoms with Gasteiger partial charge in [-0.2, -0.15) is 5.26 Å². The minimum Gasteiger partial charge on any atom is -0.383 e. The van der Waals surface area contributed by atoms with Gasteiger partial charge in [0.05, 0.1) is 41.4 Å². The van der Waals surface area contributed by atoms with Gasteiger partial charge in [-0.05, 0) is 60.9 Å². The Morgan fingerprint density at radius 1 is 1.10 bits per heavy atom. The van der Waals surface area contributed by atoms with Crippen LogP contribution in [-0.2, 0) is 0 Å². The van der Waals surface area contributed by atoms with Crippen molar-refractivity contribution in [1.82, 2.24) is 24.9 Å². The summed E-state index contributed by atoms with van der Waals surface area (Å²) >= 11 is 13.0. The first-order valence-electron chi connectivity index (χ1n) is 15.0. The molecule has 4 aromatic rings. The fourth-order valence-electron chi connectivity index (χ4n) is 5.53. The molecule has 6 rings (SSSR count). The van der Waals surface area contributed by atoms with E-state index in [0.717, 1.165) is 32.0 Å². The first-order chi connectivity index (χ1) is 20.5. The highest BCUT2D eigenvalue weighted by atomic mass is 35.5. The van der Waals surface area contributed by atoms with Gasteiger partial charge in [0.2, 0.25) is 0 Å². The van der Waals surface area contributed by atoms with E-state index in [-0.39, 0.29) is 11.5 Å². The standard InChI is InChI=1S/C32H36Cl2N8/c1-32(2,3)19-37-29-21(16-35)17-36-31-26(29)14-23(15-27(31)34)38-30(20-4-6-22(33)7-5-20)28-18-42(40-39-28)25-10-12-41(13-11-25)24-8-9-24/h4-7,14-15,17-18,24-25,30,38H,8-13,19H2,1-3H3,(H,36,37)/t30-/m0/s1/i30D. The summed E-state index contributed by atoms with van der Waals surface area (Å²) in [5.41, 5.74) is 3.35. The Bertz CT molecular complexity index is 1660. The van der Waals surface area contributed by atoms with E-state index in [0.29, 0.717) is 55.7 Å². The van der Waals surface area contributed by atoms with Gasteiger partial charge in [0.15, 0.2) is 0 Å². The Balaban J connectivity index is 1.37. The van der Waals surface area contributed by atoms with Gasteiger partial charge in [0.1, 0.15) is 11.8 Å². The lowest BCUT2D eigenvalue weighted by Gasteiger charge is -2.31. The van der Waals surface area contributed by atoms with Crippen LogP contribution in [0.15, 0.2) is 48.8 Å². The molecule has 1 aliphatic carbocycles. The molecular formula is C32H36Cl2N8. The molecule has 2 aromatic carbocycles. The van der Waals surface area contributed by atoms with Gasteiger partial charge in [-0.1, -0.05) is 61.3 Å². The van der Waals surface area contributed by atoms with Gasteiger partial charge in [0.25, 0.3) is 0 Å². The number of piperidine rings is 1. The maximum atomic E-state index is 9.87. The van der Waals surface area contributed by atoms with Crippen LogP contribution in [-0.4, -0.2) is 50.6 Å². The van der Waals surface area contributed by atoms with Crippen LogP contribution in [0.2, 0.25) is 10.0 Å². The van der Waals surface area contributed by atoms with Crippen LogP contribution in [0.25, 0.3) is 10.9 Å². The van der Waals surface area contributed by atoms with Crippen LogP contribution in [0.1, 0.15) is 76.7 Å². The fourth-order valence-corrected chi connectivity index (χ4v) is 5.92. The number of nitrogens with zero attached hydrogens (tertiary/aromatic N) is 6. The van der Waals surface area contributed by atoms with Crippen molar-refractivity contribution in [3.63, 3.8) is 0 Å². The number of benzene rings is 2. The summed E-state index contributed by atoms with van der Waals surface area (Å²) in [6, 6.07) is 12.6. The summed E-state index contributed by atoms with van der Waals surface area (Å²) in [6.45, 7) is 9.14. The lowest BCUT2D eigenvalue weighted by Crippen LogP contribution is -2.36. The highest BCUT2D eigenvalue weighted by Gasteiger charge is 2.33. The number of aromatic nitrogens is 4. The summed E-state index contributed by atoms with van der Waals surface area (Å²) in [6.07, 6.45) is 8.08. The monoisotopic (exact) mass is 603 g/mol. The average molecular weight is 605 g/mol. The Hall–Kier alpha value is -3.38. The Labute approximate surface area is 258 Å². The molecule has 218 valence electrons. The second-order valence-electron chi connectivity index (χ2n) is 12.5. The molecule has 1 saturated carbocycles. The molecule has 0 spiro atoms. The molecule has 10 heteroatoms. The Morgan fingerprint density at radius 2 is 1.83 bits per heavy atom. The molecular weight excluding hydrogens is 567 g/mol. The highest BCUT2D eigenvalue weighted by Crippen LogP contribution is 2.37. The molecule has 3 heterocycles. The maximum Gasteiger partial charge on any atom is 0.109 e. The third-order valence-corrected chi connectivity index (χ3v) is 8.49. The minimum atomic E-state index is -1.51. The van der Waals surface area contributed by atoms with Crippen molar-refractivity contribution < 1.29 is 1.37 Å². The molecule has 2 aromatic heterocycles. The van der Waals surface area contributed by atoms with E-state index in [4.69, 9.17) is 23.2 Å². The molecule has 0 bridgehead atoms. The summed E-state index contributed by atoms with van der Waals surface area (Å²) in [5.74, 6) is 0. The molecule has 1 aliphatic heterocycles. The zero-order chi connectivity index (χ0) is 30.4. The van der Waals surface area contributed by atoms with E-state index in [9.17, 15) is 6.63 Å². The first kappa shape index (κ1) is 27.5. The summed E-state index contributed by atoms with van der Waals surface area (Å²) in [4.78, 5) is 7.06. The maximum absolute atomic E-state index is 9.87. The molecule has 0 unspecified atom stereocenters. The van der Waals surface area contributed by atoms with Crippen molar-refractivity contribution in [2.45, 2.75) is 64.6 Å². The van der Waals surface area contributed by atoms with E-state index >= 15 is 0 Å². The van der Waals surface area contributed by atoms with Crippen LogP contribution < -0.4 is 10.6 Å². The number of hydrogen-bond donors (Lipinski definition) is 2. The summed E-state index contributed by atoms with van der Waals surface area (Å²) < 4.78 is 11.7. The van der Waals surface area contributed by atoms with Crippen molar-refractivity contribution in [2.24, 2.45) is 5.41 Å². The van der Waals surface area contributed by atoms with Crippen LogP contribution >= 0.6 is 23.2 Å². The molecule has 2 fully saturated rings. The largest absolute Gasteiger partial charge is 0.383 e. The molecule has 2 aliphatic rings. The summed E-state index contributed by atoms with van der Waals surface area (Å²) in [7, 11) is 0. The number of rotatable bonds is 8.